The first-order valence-electron chi connectivity index (χ1n) is 11.1. The number of rotatable bonds is 5. The highest BCUT2D eigenvalue weighted by Gasteiger charge is 2.51. The van der Waals surface area contributed by atoms with E-state index in [1.165, 1.54) is 11.8 Å². The molecule has 6 nitrogen and oxygen atoms in total. The van der Waals surface area contributed by atoms with Crippen molar-refractivity contribution in [2.75, 3.05) is 13.1 Å². The molecule has 8 heteroatoms. The van der Waals surface area contributed by atoms with E-state index in [-0.39, 0.29) is 5.91 Å². The average molecular weight is 454 g/mol. The van der Waals surface area contributed by atoms with Gasteiger partial charge in [-0.15, -0.1) is 0 Å². The molecule has 2 atom stereocenters. The van der Waals surface area contributed by atoms with Crippen LogP contribution in [0.25, 0.3) is 0 Å². The van der Waals surface area contributed by atoms with E-state index in [9.17, 15) is 9.90 Å². The lowest BCUT2D eigenvalue weighted by Crippen LogP contribution is -2.41. The molecule has 4 rings (SSSR count). The monoisotopic (exact) mass is 454 g/mol. The third-order valence-corrected chi connectivity index (χ3v) is 7.97. The van der Waals surface area contributed by atoms with E-state index in [4.69, 9.17) is 14.3 Å². The van der Waals surface area contributed by atoms with Gasteiger partial charge in [0.2, 0.25) is 5.91 Å². The number of nitrogens with zero attached hydrogens (tertiary/aromatic N) is 2. The van der Waals surface area contributed by atoms with Gasteiger partial charge in [0.1, 0.15) is 5.25 Å². The molecule has 1 aromatic heterocycles. The molecule has 1 N–H and O–H groups in total. The van der Waals surface area contributed by atoms with Crippen molar-refractivity contribution in [2.45, 2.75) is 68.6 Å². The predicted octanol–water partition coefficient (Wildman–Crippen LogP) is 3.12. The Balaban J connectivity index is 1.57. The highest BCUT2D eigenvalue weighted by Crippen LogP contribution is 2.39. The maximum atomic E-state index is 13.4. The average Bonchev–Trinajstić information content (AvgIpc) is 3.27. The Kier molecular flexibility index (Phi) is 6.42. The highest BCUT2D eigenvalue weighted by atomic mass is 32.2. The van der Waals surface area contributed by atoms with Gasteiger partial charge in [0, 0.05) is 24.7 Å². The Morgan fingerprint density at radius 2 is 1.88 bits per heavy atom. The van der Waals surface area contributed by atoms with Gasteiger partial charge in [-0.25, -0.2) is 4.98 Å². The predicted molar refractivity (Wildman–Crippen MR) is 127 cm³/mol. The van der Waals surface area contributed by atoms with Gasteiger partial charge in [0.05, 0.1) is 22.3 Å². The molecule has 2 aromatic rings. The fourth-order valence-electron chi connectivity index (χ4n) is 3.92. The molecule has 170 valence electrons. The molecular weight excluding hydrogens is 423 g/mol. The first-order chi connectivity index (χ1) is 15.1. The van der Waals surface area contributed by atoms with Gasteiger partial charge in [-0.1, -0.05) is 48.2 Å². The number of β-amino-alcohol motifs (C(OH)–C–C–N with tert-alkyl or cyclic N) is 1. The van der Waals surface area contributed by atoms with Gasteiger partial charge in [-0.05, 0) is 52.2 Å². The van der Waals surface area contributed by atoms with E-state index >= 15 is 0 Å². The van der Waals surface area contributed by atoms with Gasteiger partial charge in [-0.2, -0.15) is 0 Å². The van der Waals surface area contributed by atoms with Crippen molar-refractivity contribution in [3.63, 3.8) is 0 Å². The van der Waals surface area contributed by atoms with Crippen molar-refractivity contribution in [1.29, 1.82) is 0 Å². The van der Waals surface area contributed by atoms with Crippen LogP contribution in [-0.4, -0.2) is 58.4 Å². The fourth-order valence-corrected chi connectivity index (χ4v) is 5.05. The SMILES string of the molecule is Cc1cc(B2OC(C)(C)C(C)(C)O2)cnc1SC(C(=O)N1CC[C@H](O)C1)c1ccccc1. The third kappa shape index (κ3) is 4.60. The largest absolute Gasteiger partial charge is 0.496 e. The summed E-state index contributed by atoms with van der Waals surface area (Å²) in [5, 5.41) is 10.3. The van der Waals surface area contributed by atoms with Crippen LogP contribution >= 0.6 is 11.8 Å². The first-order valence-corrected chi connectivity index (χ1v) is 12.0. The van der Waals surface area contributed by atoms with Crippen molar-refractivity contribution >= 4 is 30.3 Å². The number of aryl methyl sites for hydroxylation is 1. The molecule has 2 fully saturated rings. The Bertz CT molecular complexity index is 969. The van der Waals surface area contributed by atoms with E-state index in [1.807, 2.05) is 71.0 Å². The number of carbonyl (C=O) groups is 1. The Labute approximate surface area is 194 Å². The number of pyridine rings is 1. The summed E-state index contributed by atoms with van der Waals surface area (Å²) in [6, 6.07) is 11.8. The summed E-state index contributed by atoms with van der Waals surface area (Å²) in [6.07, 6.45) is 1.96. The van der Waals surface area contributed by atoms with E-state index in [1.54, 1.807) is 11.1 Å². The number of hydrogen-bond donors (Lipinski definition) is 1. The second-order valence-electron chi connectivity index (χ2n) is 9.61. The van der Waals surface area contributed by atoms with Crippen molar-refractivity contribution < 1.29 is 19.2 Å². The third-order valence-electron chi connectivity index (χ3n) is 6.61. The summed E-state index contributed by atoms with van der Waals surface area (Å²) in [7, 11) is -0.470. The second-order valence-corrected chi connectivity index (χ2v) is 10.7. The van der Waals surface area contributed by atoms with Crippen LogP contribution < -0.4 is 5.46 Å². The summed E-state index contributed by atoms with van der Waals surface area (Å²) >= 11 is 1.45. The molecule has 32 heavy (non-hydrogen) atoms. The molecule has 1 aromatic carbocycles. The standard InChI is InChI=1S/C24H31BN2O4S/c1-16-13-18(25-30-23(2,3)24(4,5)31-25)14-26-21(16)32-20(17-9-7-6-8-10-17)22(29)27-12-11-19(28)15-27/h6-10,13-14,19-20,28H,11-12,15H2,1-5H3/t19-,20?/m0/s1. The number of aromatic nitrogens is 1. The minimum absolute atomic E-state index is 0.00832. The number of aliphatic hydroxyl groups is 1. The Morgan fingerprint density at radius 1 is 1.22 bits per heavy atom. The molecule has 0 aliphatic carbocycles. The molecule has 2 aliphatic rings. The lowest BCUT2D eigenvalue weighted by atomic mass is 9.80. The summed E-state index contributed by atoms with van der Waals surface area (Å²) in [4.78, 5) is 19.8. The zero-order valence-corrected chi connectivity index (χ0v) is 20.2. The number of hydrogen-bond acceptors (Lipinski definition) is 6. The number of carbonyl (C=O) groups excluding carboxylic acids is 1. The normalized spacial score (nSPS) is 22.9. The molecular formula is C24H31BN2O4S. The molecule has 2 aliphatic heterocycles. The topological polar surface area (TPSA) is 71.9 Å². The molecule has 0 radical (unpaired) electrons. The molecule has 0 saturated carbocycles. The van der Waals surface area contributed by atoms with Crippen LogP contribution in [-0.2, 0) is 14.1 Å². The van der Waals surface area contributed by atoms with E-state index in [2.05, 4.69) is 0 Å². The summed E-state index contributed by atoms with van der Waals surface area (Å²) < 4.78 is 12.3. The zero-order valence-electron chi connectivity index (χ0n) is 19.4. The van der Waals surface area contributed by atoms with Crippen molar-refractivity contribution in [2.24, 2.45) is 0 Å². The number of aliphatic hydroxyl groups excluding tert-OH is 1. The quantitative estimate of drug-likeness (QED) is 0.553. The summed E-state index contributed by atoms with van der Waals surface area (Å²) in [5.41, 5.74) is 1.95. The second kappa shape index (κ2) is 8.82. The lowest BCUT2D eigenvalue weighted by Gasteiger charge is -2.32. The molecule has 0 spiro atoms. The van der Waals surface area contributed by atoms with Gasteiger partial charge in [-0.3, -0.25) is 4.79 Å². The smallest absolute Gasteiger partial charge is 0.399 e. The minimum Gasteiger partial charge on any atom is -0.399 e. The van der Waals surface area contributed by atoms with Crippen LogP contribution in [0.5, 0.6) is 0 Å². The molecule has 3 heterocycles. The maximum Gasteiger partial charge on any atom is 0.496 e. The van der Waals surface area contributed by atoms with E-state index in [0.717, 1.165) is 21.6 Å². The lowest BCUT2D eigenvalue weighted by molar-refractivity contribution is -0.130. The molecule has 2 saturated heterocycles. The minimum atomic E-state index is -0.470. The Morgan fingerprint density at radius 3 is 2.44 bits per heavy atom. The van der Waals surface area contributed by atoms with E-state index < -0.39 is 29.7 Å². The number of amides is 1. The molecule has 1 unspecified atom stereocenters. The van der Waals surface area contributed by atoms with Crippen molar-refractivity contribution in [3.8, 4) is 0 Å². The van der Waals surface area contributed by atoms with Crippen LogP contribution in [0.1, 0.15) is 50.5 Å². The number of thioether (sulfide) groups is 1. The zero-order chi connectivity index (χ0) is 23.1. The molecule has 0 bridgehead atoms. The van der Waals surface area contributed by atoms with Gasteiger partial charge < -0.3 is 19.3 Å². The molecule has 1 amide bonds. The van der Waals surface area contributed by atoms with E-state index in [0.29, 0.717) is 19.5 Å². The Hall–Kier alpha value is -1.87. The fraction of sp³-hybridized carbons (Fsp3) is 0.500. The van der Waals surface area contributed by atoms with Crippen LogP contribution in [0.3, 0.4) is 0 Å². The van der Waals surface area contributed by atoms with Gasteiger partial charge in [0.25, 0.3) is 0 Å². The van der Waals surface area contributed by atoms with Gasteiger partial charge in [0.15, 0.2) is 0 Å². The van der Waals surface area contributed by atoms with Crippen molar-refractivity contribution in [3.05, 3.63) is 53.7 Å². The number of benzene rings is 1. The van der Waals surface area contributed by atoms with Crippen LogP contribution in [0, 0.1) is 6.92 Å². The maximum absolute atomic E-state index is 13.4. The van der Waals surface area contributed by atoms with Gasteiger partial charge >= 0.3 is 7.12 Å². The van der Waals surface area contributed by atoms with Crippen LogP contribution in [0.4, 0.5) is 0 Å². The van der Waals surface area contributed by atoms with Crippen molar-refractivity contribution in [1.82, 2.24) is 9.88 Å². The van der Waals surface area contributed by atoms with Crippen LogP contribution in [0.2, 0.25) is 0 Å². The first kappa shape index (κ1) is 23.3. The summed E-state index contributed by atoms with van der Waals surface area (Å²) in [6.45, 7) is 11.1. The highest BCUT2D eigenvalue weighted by molar-refractivity contribution is 8.00. The number of likely N-dealkylation sites (tertiary alicyclic amines) is 1. The summed E-state index contributed by atoms with van der Waals surface area (Å²) in [5.74, 6) is 0.00832. The van der Waals surface area contributed by atoms with Crippen LogP contribution in [0.15, 0.2) is 47.6 Å².